The molecule has 1 aliphatic rings. The van der Waals surface area contributed by atoms with Gasteiger partial charge in [-0.25, -0.2) is 0 Å². The molecule has 1 aliphatic carbocycles. The third kappa shape index (κ3) is 2.96. The molecule has 1 aromatic rings. The molecular weight excluding hydrogens is 210 g/mol. The Kier molecular flexibility index (Phi) is 3.32. The van der Waals surface area contributed by atoms with E-state index in [4.69, 9.17) is 0 Å². The number of rotatable bonds is 3. The van der Waals surface area contributed by atoms with Crippen molar-refractivity contribution in [3.8, 4) is 0 Å². The lowest BCUT2D eigenvalue weighted by Gasteiger charge is -2.09. The third-order valence-electron chi connectivity index (χ3n) is 3.30. The molecule has 0 spiro atoms. The first kappa shape index (κ1) is 11.9. The molecule has 90 valence electrons. The van der Waals surface area contributed by atoms with Gasteiger partial charge in [-0.2, -0.15) is 0 Å². The van der Waals surface area contributed by atoms with Gasteiger partial charge in [-0.3, -0.25) is 4.79 Å². The Balaban J connectivity index is 2.17. The van der Waals surface area contributed by atoms with Crippen LogP contribution in [0.25, 0.3) is 5.57 Å². The topological polar surface area (TPSA) is 29.1 Å². The van der Waals surface area contributed by atoms with Crippen LogP contribution in [0.15, 0.2) is 29.8 Å². The molecule has 0 saturated heterocycles. The van der Waals surface area contributed by atoms with E-state index in [0.717, 1.165) is 29.6 Å². The molecule has 0 bridgehead atoms. The minimum absolute atomic E-state index is 0.0746. The van der Waals surface area contributed by atoms with Crippen molar-refractivity contribution in [3.63, 3.8) is 0 Å². The number of aryl methyl sites for hydroxylation is 1. The molecule has 17 heavy (non-hydrogen) atoms. The molecule has 1 amide bonds. The zero-order chi connectivity index (χ0) is 12.4. The summed E-state index contributed by atoms with van der Waals surface area (Å²) in [5.74, 6) is 0.0746. The van der Waals surface area contributed by atoms with E-state index < -0.39 is 0 Å². The van der Waals surface area contributed by atoms with Crippen LogP contribution in [0.4, 0.5) is 0 Å². The van der Waals surface area contributed by atoms with E-state index >= 15 is 0 Å². The number of nitrogens with one attached hydrogen (secondary N) is 1. The maximum Gasteiger partial charge on any atom is 0.247 e. The number of amides is 1. The largest absolute Gasteiger partial charge is 0.350 e. The number of benzene rings is 1. The van der Waals surface area contributed by atoms with Crippen molar-refractivity contribution in [1.82, 2.24) is 5.32 Å². The predicted molar refractivity (Wildman–Crippen MR) is 70.6 cm³/mol. The summed E-state index contributed by atoms with van der Waals surface area (Å²) in [6.07, 6.45) is 2.26. The normalized spacial score (nSPS) is 16.4. The van der Waals surface area contributed by atoms with Gasteiger partial charge < -0.3 is 5.32 Å². The lowest BCUT2D eigenvalue weighted by molar-refractivity contribution is -0.117. The maximum atomic E-state index is 11.9. The van der Waals surface area contributed by atoms with Gasteiger partial charge in [0.15, 0.2) is 0 Å². The van der Waals surface area contributed by atoms with Crippen LogP contribution >= 0.6 is 0 Å². The van der Waals surface area contributed by atoms with Crippen molar-refractivity contribution < 1.29 is 4.79 Å². The highest BCUT2D eigenvalue weighted by molar-refractivity contribution is 6.00. The monoisotopic (exact) mass is 229 g/mol. The van der Waals surface area contributed by atoms with Crippen LogP contribution in [-0.2, 0) is 4.79 Å². The number of allylic oxidation sites excluding steroid dienone is 1. The summed E-state index contributed by atoms with van der Waals surface area (Å²) in [5.41, 5.74) is 4.24. The fraction of sp³-hybridized carbons (Fsp3) is 0.400. The lowest BCUT2D eigenvalue weighted by Crippen LogP contribution is -2.26. The highest BCUT2D eigenvalue weighted by Gasteiger charge is 2.24. The van der Waals surface area contributed by atoms with Crippen LogP contribution < -0.4 is 5.32 Å². The Morgan fingerprint density at radius 2 is 1.76 bits per heavy atom. The second-order valence-electron chi connectivity index (χ2n) is 4.86. The number of carbonyl (C=O) groups is 1. The Morgan fingerprint density at radius 3 is 2.29 bits per heavy atom. The van der Waals surface area contributed by atoms with Crippen molar-refractivity contribution >= 4 is 11.5 Å². The van der Waals surface area contributed by atoms with Gasteiger partial charge in [0.05, 0.1) is 0 Å². The minimum Gasteiger partial charge on any atom is -0.350 e. The molecular formula is C15H19NO. The molecule has 0 aromatic heterocycles. The van der Waals surface area contributed by atoms with Crippen LogP contribution in [0.2, 0.25) is 0 Å². The van der Waals surface area contributed by atoms with Crippen molar-refractivity contribution in [1.29, 1.82) is 0 Å². The van der Waals surface area contributed by atoms with Crippen LogP contribution in [0.5, 0.6) is 0 Å². The fourth-order valence-electron chi connectivity index (χ4n) is 1.71. The van der Waals surface area contributed by atoms with E-state index in [9.17, 15) is 4.79 Å². The van der Waals surface area contributed by atoms with E-state index in [0.29, 0.717) is 6.04 Å². The first-order valence-corrected chi connectivity index (χ1v) is 6.13. The maximum absolute atomic E-state index is 11.9. The van der Waals surface area contributed by atoms with Gasteiger partial charge in [-0.05, 0) is 44.7 Å². The zero-order valence-corrected chi connectivity index (χ0v) is 10.7. The van der Waals surface area contributed by atoms with Crippen LogP contribution in [0.1, 0.15) is 37.8 Å². The standard InChI is InChI=1S/C15H19NO/c1-10-4-6-13(7-5-10)11(2)12(3)15(17)16-14-8-9-14/h4-7,14H,8-9H2,1-3H3,(H,16,17). The molecule has 1 aromatic carbocycles. The summed E-state index contributed by atoms with van der Waals surface area (Å²) in [5, 5.41) is 3.02. The second-order valence-corrected chi connectivity index (χ2v) is 4.86. The SMILES string of the molecule is CC(C(=O)NC1CC1)=C(C)c1ccc(C)cc1. The molecule has 0 heterocycles. The summed E-state index contributed by atoms with van der Waals surface area (Å²) in [4.78, 5) is 11.9. The third-order valence-corrected chi connectivity index (χ3v) is 3.30. The van der Waals surface area contributed by atoms with Crippen LogP contribution in [-0.4, -0.2) is 11.9 Å². The van der Waals surface area contributed by atoms with Crippen molar-refractivity contribution in [2.45, 2.75) is 39.7 Å². The quantitative estimate of drug-likeness (QED) is 0.793. The van der Waals surface area contributed by atoms with Gasteiger partial charge in [0.25, 0.3) is 0 Å². The van der Waals surface area contributed by atoms with E-state index in [1.807, 2.05) is 13.8 Å². The molecule has 2 rings (SSSR count). The zero-order valence-electron chi connectivity index (χ0n) is 10.7. The number of hydrogen-bond acceptors (Lipinski definition) is 1. The predicted octanol–water partition coefficient (Wildman–Crippen LogP) is 3.07. The summed E-state index contributed by atoms with van der Waals surface area (Å²) in [6, 6.07) is 8.70. The second kappa shape index (κ2) is 4.74. The van der Waals surface area contributed by atoms with Gasteiger partial charge >= 0.3 is 0 Å². The summed E-state index contributed by atoms with van der Waals surface area (Å²) in [7, 11) is 0. The van der Waals surface area contributed by atoms with Crippen molar-refractivity contribution in [3.05, 3.63) is 41.0 Å². The fourth-order valence-corrected chi connectivity index (χ4v) is 1.71. The first-order valence-electron chi connectivity index (χ1n) is 6.13. The summed E-state index contributed by atoms with van der Waals surface area (Å²) < 4.78 is 0. The van der Waals surface area contributed by atoms with E-state index in [1.54, 1.807) is 0 Å². The Bertz CT molecular complexity index is 452. The number of hydrogen-bond donors (Lipinski definition) is 1. The van der Waals surface area contributed by atoms with Crippen molar-refractivity contribution in [2.24, 2.45) is 0 Å². The molecule has 0 atom stereocenters. The molecule has 0 radical (unpaired) electrons. The van der Waals surface area contributed by atoms with Gasteiger partial charge in [0, 0.05) is 11.6 Å². The Morgan fingerprint density at radius 1 is 1.18 bits per heavy atom. The van der Waals surface area contributed by atoms with E-state index in [2.05, 4.69) is 36.5 Å². The first-order chi connectivity index (χ1) is 8.08. The average molecular weight is 229 g/mol. The highest BCUT2D eigenvalue weighted by atomic mass is 16.1. The van der Waals surface area contributed by atoms with Gasteiger partial charge in [0.1, 0.15) is 0 Å². The number of carbonyl (C=O) groups excluding carboxylic acids is 1. The highest BCUT2D eigenvalue weighted by Crippen LogP contribution is 2.22. The summed E-state index contributed by atoms with van der Waals surface area (Å²) >= 11 is 0. The smallest absolute Gasteiger partial charge is 0.247 e. The van der Waals surface area contributed by atoms with Gasteiger partial charge in [-0.1, -0.05) is 29.8 Å². The van der Waals surface area contributed by atoms with Crippen molar-refractivity contribution in [2.75, 3.05) is 0 Å². The minimum atomic E-state index is 0.0746. The molecule has 1 N–H and O–H groups in total. The van der Waals surface area contributed by atoms with Crippen LogP contribution in [0, 0.1) is 6.92 Å². The average Bonchev–Trinajstić information content (AvgIpc) is 3.12. The molecule has 2 nitrogen and oxygen atoms in total. The van der Waals surface area contributed by atoms with E-state index in [-0.39, 0.29) is 5.91 Å². The molecule has 0 unspecified atom stereocenters. The molecule has 0 aliphatic heterocycles. The van der Waals surface area contributed by atoms with Gasteiger partial charge in [0.2, 0.25) is 5.91 Å². The molecule has 2 heteroatoms. The van der Waals surface area contributed by atoms with Crippen LogP contribution in [0.3, 0.4) is 0 Å². The molecule has 1 saturated carbocycles. The lowest BCUT2D eigenvalue weighted by atomic mass is 10.0. The molecule has 1 fully saturated rings. The summed E-state index contributed by atoms with van der Waals surface area (Å²) in [6.45, 7) is 5.97. The Hall–Kier alpha value is -1.57. The Labute approximate surface area is 103 Å². The van der Waals surface area contributed by atoms with E-state index in [1.165, 1.54) is 5.56 Å². The van der Waals surface area contributed by atoms with Gasteiger partial charge in [-0.15, -0.1) is 0 Å².